The minimum Gasteiger partial charge on any atom is -0.481 e. The smallest absolute Gasteiger partial charge is 0.410 e. The predicted octanol–water partition coefficient (Wildman–Crippen LogP) is 3.33. The van der Waals surface area contributed by atoms with E-state index >= 15 is 0 Å². The van der Waals surface area contributed by atoms with E-state index in [1.807, 2.05) is 0 Å². The van der Waals surface area contributed by atoms with Crippen molar-refractivity contribution in [3.63, 3.8) is 0 Å². The first-order valence-electron chi connectivity index (χ1n) is 8.11. The summed E-state index contributed by atoms with van der Waals surface area (Å²) < 4.78 is 18.3. The number of nitrogens with zero attached hydrogens (tertiary/aromatic N) is 1. The van der Waals surface area contributed by atoms with Crippen LogP contribution in [0.1, 0.15) is 32.8 Å². The van der Waals surface area contributed by atoms with Gasteiger partial charge < -0.3 is 14.7 Å². The van der Waals surface area contributed by atoms with Crippen molar-refractivity contribution in [3.8, 4) is 0 Å². The maximum Gasteiger partial charge on any atom is 0.410 e. The van der Waals surface area contributed by atoms with Crippen molar-refractivity contribution in [1.82, 2.24) is 4.90 Å². The normalized spacial score (nSPS) is 21.4. The molecule has 24 heavy (non-hydrogen) atoms. The molecule has 6 heteroatoms. The molecule has 1 N–H and O–H groups in total. The van der Waals surface area contributed by atoms with Crippen LogP contribution in [0.2, 0.25) is 0 Å². The predicted molar refractivity (Wildman–Crippen MR) is 87.1 cm³/mol. The van der Waals surface area contributed by atoms with Gasteiger partial charge in [-0.15, -0.1) is 0 Å². The number of ether oxygens (including phenoxy) is 1. The molecule has 1 heterocycles. The highest BCUT2D eigenvalue weighted by molar-refractivity contribution is 5.73. The molecule has 1 aliphatic heterocycles. The van der Waals surface area contributed by atoms with Crippen molar-refractivity contribution in [2.75, 3.05) is 13.1 Å². The minimum atomic E-state index is -0.921. The molecule has 1 aromatic rings. The van der Waals surface area contributed by atoms with E-state index in [0.717, 1.165) is 5.56 Å². The Bertz CT molecular complexity index is 594. The van der Waals surface area contributed by atoms with Gasteiger partial charge in [0.15, 0.2) is 0 Å². The average Bonchev–Trinajstić information content (AvgIpc) is 2.48. The molecule has 1 aliphatic rings. The topological polar surface area (TPSA) is 66.8 Å². The van der Waals surface area contributed by atoms with E-state index in [1.165, 1.54) is 17.0 Å². The Labute approximate surface area is 141 Å². The summed E-state index contributed by atoms with van der Waals surface area (Å²) in [6.45, 7) is 5.93. The molecule has 1 aromatic carbocycles. The molecular weight excluding hydrogens is 313 g/mol. The van der Waals surface area contributed by atoms with Crippen LogP contribution in [0, 0.1) is 17.7 Å². The van der Waals surface area contributed by atoms with Gasteiger partial charge in [-0.05, 0) is 57.2 Å². The number of carbonyl (C=O) groups excluding carboxylic acids is 1. The van der Waals surface area contributed by atoms with E-state index in [-0.39, 0.29) is 18.3 Å². The molecule has 2 rings (SSSR count). The average molecular weight is 337 g/mol. The highest BCUT2D eigenvalue weighted by Crippen LogP contribution is 2.28. The molecular formula is C18H24FNO4. The van der Waals surface area contributed by atoms with E-state index in [4.69, 9.17) is 4.74 Å². The summed E-state index contributed by atoms with van der Waals surface area (Å²) in [5.74, 6) is -1.98. The highest BCUT2D eigenvalue weighted by Gasteiger charge is 2.37. The summed E-state index contributed by atoms with van der Waals surface area (Å²) >= 11 is 0. The molecule has 0 radical (unpaired) electrons. The molecule has 0 saturated carbocycles. The number of carbonyl (C=O) groups is 2. The van der Waals surface area contributed by atoms with Crippen molar-refractivity contribution in [2.45, 2.75) is 39.2 Å². The zero-order valence-electron chi connectivity index (χ0n) is 14.3. The monoisotopic (exact) mass is 337 g/mol. The van der Waals surface area contributed by atoms with Crippen LogP contribution in [0.15, 0.2) is 24.3 Å². The Morgan fingerprint density at radius 1 is 1.29 bits per heavy atom. The fourth-order valence-corrected chi connectivity index (χ4v) is 2.94. The number of likely N-dealkylation sites (tertiary alicyclic amines) is 1. The SMILES string of the molecule is CC(C)(C)OC(=O)N1CC[C@@H](Cc2ccc(F)cc2)[C@H](C(=O)O)C1. The number of halogens is 1. The fourth-order valence-electron chi connectivity index (χ4n) is 2.94. The van der Waals surface area contributed by atoms with Gasteiger partial charge >= 0.3 is 12.1 Å². The third kappa shape index (κ3) is 4.94. The van der Waals surface area contributed by atoms with E-state index in [1.54, 1.807) is 32.9 Å². The van der Waals surface area contributed by atoms with Crippen molar-refractivity contribution in [3.05, 3.63) is 35.6 Å². The number of amides is 1. The van der Waals surface area contributed by atoms with Crippen molar-refractivity contribution < 1.29 is 23.8 Å². The number of carboxylic acids is 1. The van der Waals surface area contributed by atoms with Crippen LogP contribution in [0.3, 0.4) is 0 Å². The van der Waals surface area contributed by atoms with Crippen LogP contribution in [0.4, 0.5) is 9.18 Å². The summed E-state index contributed by atoms with van der Waals surface area (Å²) in [6.07, 6.45) is 0.654. The third-order valence-electron chi connectivity index (χ3n) is 4.14. The zero-order valence-corrected chi connectivity index (χ0v) is 14.3. The molecule has 5 nitrogen and oxygen atoms in total. The summed E-state index contributed by atoms with van der Waals surface area (Å²) in [5, 5.41) is 9.52. The van der Waals surface area contributed by atoms with Gasteiger partial charge in [0.25, 0.3) is 0 Å². The molecule has 2 atom stereocenters. The molecule has 1 fully saturated rings. The van der Waals surface area contributed by atoms with Crippen LogP contribution >= 0.6 is 0 Å². The first kappa shape index (κ1) is 18.2. The molecule has 0 aliphatic carbocycles. The van der Waals surface area contributed by atoms with Gasteiger partial charge in [0, 0.05) is 13.1 Å². The maximum absolute atomic E-state index is 13.0. The molecule has 1 amide bonds. The number of hydrogen-bond donors (Lipinski definition) is 1. The van der Waals surface area contributed by atoms with Crippen molar-refractivity contribution in [1.29, 1.82) is 0 Å². The van der Waals surface area contributed by atoms with Gasteiger partial charge in [-0.25, -0.2) is 9.18 Å². The van der Waals surface area contributed by atoms with Gasteiger partial charge in [-0.1, -0.05) is 12.1 Å². The Balaban J connectivity index is 2.04. The molecule has 0 aromatic heterocycles. The van der Waals surface area contributed by atoms with Gasteiger partial charge in [-0.3, -0.25) is 4.79 Å². The highest BCUT2D eigenvalue weighted by atomic mass is 19.1. The van der Waals surface area contributed by atoms with Crippen LogP contribution in [-0.4, -0.2) is 40.8 Å². The number of aliphatic carboxylic acids is 1. The number of rotatable bonds is 3. The first-order chi connectivity index (χ1) is 11.2. The van der Waals surface area contributed by atoms with Gasteiger partial charge in [-0.2, -0.15) is 0 Å². The second-order valence-corrected chi connectivity index (χ2v) is 7.25. The summed E-state index contributed by atoms with van der Waals surface area (Å²) in [5.41, 5.74) is 0.291. The first-order valence-corrected chi connectivity index (χ1v) is 8.11. The lowest BCUT2D eigenvalue weighted by Gasteiger charge is -2.37. The molecule has 1 saturated heterocycles. The number of benzene rings is 1. The van der Waals surface area contributed by atoms with Crippen LogP contribution in [0.5, 0.6) is 0 Å². The largest absolute Gasteiger partial charge is 0.481 e. The van der Waals surface area contributed by atoms with Crippen LogP contribution in [-0.2, 0) is 16.0 Å². The Morgan fingerprint density at radius 3 is 2.46 bits per heavy atom. The fraction of sp³-hybridized carbons (Fsp3) is 0.556. The summed E-state index contributed by atoms with van der Waals surface area (Å²) in [6, 6.07) is 6.10. The molecule has 0 bridgehead atoms. The van der Waals surface area contributed by atoms with Crippen LogP contribution in [0.25, 0.3) is 0 Å². The lowest BCUT2D eigenvalue weighted by molar-refractivity contribution is -0.145. The molecule has 0 unspecified atom stereocenters. The minimum absolute atomic E-state index is 0.0911. The lowest BCUT2D eigenvalue weighted by atomic mass is 9.81. The molecule has 132 valence electrons. The molecule has 0 spiro atoms. The maximum atomic E-state index is 13.0. The van der Waals surface area contributed by atoms with Crippen molar-refractivity contribution in [2.24, 2.45) is 11.8 Å². The quantitative estimate of drug-likeness (QED) is 0.919. The Kier molecular flexibility index (Phi) is 5.47. The second kappa shape index (κ2) is 7.20. The van der Waals surface area contributed by atoms with Gasteiger partial charge in [0.05, 0.1) is 5.92 Å². The van der Waals surface area contributed by atoms with E-state index in [0.29, 0.717) is 19.4 Å². The summed E-state index contributed by atoms with van der Waals surface area (Å²) in [7, 11) is 0. The van der Waals surface area contributed by atoms with E-state index in [2.05, 4.69) is 0 Å². The number of piperidine rings is 1. The van der Waals surface area contributed by atoms with Crippen molar-refractivity contribution >= 4 is 12.1 Å². The summed E-state index contributed by atoms with van der Waals surface area (Å²) in [4.78, 5) is 25.2. The van der Waals surface area contributed by atoms with E-state index < -0.39 is 23.6 Å². The van der Waals surface area contributed by atoms with Crippen LogP contribution < -0.4 is 0 Å². The number of carboxylic acid groups (broad SMARTS) is 1. The Morgan fingerprint density at radius 2 is 1.92 bits per heavy atom. The van der Waals surface area contributed by atoms with Gasteiger partial charge in [0.1, 0.15) is 11.4 Å². The van der Waals surface area contributed by atoms with Gasteiger partial charge in [0.2, 0.25) is 0 Å². The zero-order chi connectivity index (χ0) is 17.9. The van der Waals surface area contributed by atoms with E-state index in [9.17, 15) is 19.1 Å². The number of hydrogen-bond acceptors (Lipinski definition) is 3. The third-order valence-corrected chi connectivity index (χ3v) is 4.14. The second-order valence-electron chi connectivity index (χ2n) is 7.25. The lowest BCUT2D eigenvalue weighted by Crippen LogP contribution is -2.48. The standard InChI is InChI=1S/C18H24FNO4/c1-18(2,3)24-17(23)20-9-8-13(15(11-20)16(21)22)10-12-4-6-14(19)7-5-12/h4-7,13,15H,8-11H2,1-3H3,(H,21,22)/t13-,15+/m0/s1. The Hall–Kier alpha value is -2.11.